The minimum absolute atomic E-state index is 0.369. The quantitative estimate of drug-likeness (QED) is 0.0495. The third-order valence-electron chi connectivity index (χ3n) is 10.6. The molecule has 4 N–H and O–H groups in total. The van der Waals surface area contributed by atoms with Gasteiger partial charge in [-0.3, -0.25) is 4.99 Å². The number of hydrogen-bond acceptors (Lipinski definition) is 5. The van der Waals surface area contributed by atoms with Gasteiger partial charge >= 0.3 is 0 Å². The molecule has 0 saturated heterocycles. The largest absolute Gasteiger partial charge is 0.504 e. The molecule has 0 radical (unpaired) electrons. The molecule has 0 bridgehead atoms. The van der Waals surface area contributed by atoms with Gasteiger partial charge in [0, 0.05) is 22.3 Å². The van der Waals surface area contributed by atoms with Crippen LogP contribution in [0.5, 0.6) is 23.0 Å². The summed E-state index contributed by atoms with van der Waals surface area (Å²) >= 11 is 0. The van der Waals surface area contributed by atoms with E-state index < -0.39 is 23.0 Å². The van der Waals surface area contributed by atoms with Crippen molar-refractivity contribution in [3.8, 4) is 34.1 Å². The lowest BCUT2D eigenvalue weighted by Crippen LogP contribution is -2.09. The molecule has 0 atom stereocenters. The molecule has 0 aromatic heterocycles. The Morgan fingerprint density at radius 1 is 0.691 bits per heavy atom. The van der Waals surface area contributed by atoms with Gasteiger partial charge in [-0.25, -0.2) is 9.98 Å². The van der Waals surface area contributed by atoms with E-state index in [-0.39, 0.29) is 0 Å². The number of benzene rings is 5. The van der Waals surface area contributed by atoms with Crippen LogP contribution in [-0.2, 0) is 13.0 Å². The topological polar surface area (TPSA) is 118 Å². The maximum absolute atomic E-state index is 11.1. The van der Waals surface area contributed by atoms with E-state index in [0.29, 0.717) is 48.6 Å². The Bertz CT molecular complexity index is 2380. The number of phenolic OH excluding ortho intramolecular Hbond substituents is 4. The first kappa shape index (κ1) is 38.5. The molecule has 0 aliphatic heterocycles. The number of allylic oxidation sites excluding steroid dienone is 4. The average molecular weight is 732 g/mol. The maximum atomic E-state index is 11.1. The molecule has 55 heavy (non-hydrogen) atoms. The fraction of sp³-hybridized carbons (Fsp3) is 0.229. The third-order valence-corrected chi connectivity index (χ3v) is 10.6. The predicted molar refractivity (Wildman–Crippen MR) is 227 cm³/mol. The van der Waals surface area contributed by atoms with Gasteiger partial charge in [0.1, 0.15) is 0 Å². The molecule has 0 spiro atoms. The number of aryl methyl sites for hydroxylation is 2. The molecule has 1 aliphatic carbocycles. The third kappa shape index (κ3) is 7.88. The Labute approximate surface area is 324 Å². The summed E-state index contributed by atoms with van der Waals surface area (Å²) in [6.45, 7) is 14.8. The van der Waals surface area contributed by atoms with Gasteiger partial charge in [0.05, 0.1) is 6.54 Å². The number of hydrogen-bond donors (Lipinski definition) is 4. The maximum Gasteiger partial charge on any atom is 0.204 e. The van der Waals surface area contributed by atoms with Crippen LogP contribution < -0.4 is 0 Å². The van der Waals surface area contributed by atoms with Crippen LogP contribution in [0.25, 0.3) is 22.3 Å². The molecule has 6 rings (SSSR count). The van der Waals surface area contributed by atoms with E-state index in [1.165, 1.54) is 11.1 Å². The summed E-state index contributed by atoms with van der Waals surface area (Å²) in [7, 11) is 0. The normalized spacial score (nSPS) is 13.6. The van der Waals surface area contributed by atoms with Crippen molar-refractivity contribution >= 4 is 29.5 Å². The number of rotatable bonds is 10. The summed E-state index contributed by atoms with van der Waals surface area (Å²) in [5, 5.41) is 42.9. The Balaban J connectivity index is 1.49. The van der Waals surface area contributed by atoms with Crippen molar-refractivity contribution < 1.29 is 20.4 Å². The zero-order valence-electron chi connectivity index (χ0n) is 32.3. The van der Waals surface area contributed by atoms with Gasteiger partial charge in [0.15, 0.2) is 23.2 Å². The molecule has 0 heterocycles. The number of nitrogens with zero attached hydrogens (tertiary/aromatic N) is 3. The second kappa shape index (κ2) is 16.9. The highest BCUT2D eigenvalue weighted by atomic mass is 16.3. The molecule has 7 nitrogen and oxygen atoms in total. The van der Waals surface area contributed by atoms with Crippen molar-refractivity contribution in [2.75, 3.05) is 0 Å². The second-order valence-corrected chi connectivity index (χ2v) is 14.1. The average Bonchev–Trinajstić information content (AvgIpc) is 3.20. The molecule has 1 aliphatic rings. The number of amidine groups is 2. The SMILES string of the molecule is C=NC(=NC(=NCc1ccccc1)c1cccc(-c2ccccc2C)c1C)c1ccc(C)c(C2=C(CC)CCC(c3c(O)c(O)c(O)c(O)c3CCC)=C2)c1. The van der Waals surface area contributed by atoms with Crippen molar-refractivity contribution in [3.63, 3.8) is 0 Å². The highest BCUT2D eigenvalue weighted by molar-refractivity contribution is 6.14. The van der Waals surface area contributed by atoms with Gasteiger partial charge in [-0.2, -0.15) is 0 Å². The molecule has 7 heteroatoms. The van der Waals surface area contributed by atoms with Crippen LogP contribution in [0.3, 0.4) is 0 Å². The van der Waals surface area contributed by atoms with Crippen LogP contribution in [0.4, 0.5) is 0 Å². The summed E-state index contributed by atoms with van der Waals surface area (Å²) in [6.07, 6.45) is 5.27. The summed E-state index contributed by atoms with van der Waals surface area (Å²) in [4.78, 5) is 14.7. The molecule has 0 amide bonds. The fourth-order valence-corrected chi connectivity index (χ4v) is 7.51. The van der Waals surface area contributed by atoms with Gasteiger partial charge < -0.3 is 20.4 Å². The summed E-state index contributed by atoms with van der Waals surface area (Å²) < 4.78 is 0. The molecule has 0 saturated carbocycles. The van der Waals surface area contributed by atoms with Gasteiger partial charge in [-0.05, 0) is 109 Å². The number of phenols is 4. The van der Waals surface area contributed by atoms with Crippen molar-refractivity contribution in [2.24, 2.45) is 15.0 Å². The summed E-state index contributed by atoms with van der Waals surface area (Å²) in [5.41, 5.74) is 13.1. The van der Waals surface area contributed by atoms with Crippen molar-refractivity contribution in [3.05, 3.63) is 153 Å². The number of aliphatic imine (C=N–C) groups is 3. The Morgan fingerprint density at radius 3 is 2.09 bits per heavy atom. The van der Waals surface area contributed by atoms with Crippen molar-refractivity contribution in [1.82, 2.24) is 0 Å². The number of aromatic hydroxyl groups is 4. The molecule has 5 aromatic rings. The smallest absolute Gasteiger partial charge is 0.204 e. The van der Waals surface area contributed by atoms with E-state index in [9.17, 15) is 20.4 Å². The van der Waals surface area contributed by atoms with E-state index in [1.54, 1.807) is 0 Å². The predicted octanol–water partition coefficient (Wildman–Crippen LogP) is 11.2. The first-order chi connectivity index (χ1) is 26.6. The monoisotopic (exact) mass is 731 g/mol. The lowest BCUT2D eigenvalue weighted by Gasteiger charge is -2.24. The minimum Gasteiger partial charge on any atom is -0.504 e. The van der Waals surface area contributed by atoms with Gasteiger partial charge in [0.25, 0.3) is 0 Å². The molecule has 5 aromatic carbocycles. The Morgan fingerprint density at radius 2 is 1.38 bits per heavy atom. The molecule has 0 fully saturated rings. The lowest BCUT2D eigenvalue weighted by atomic mass is 9.81. The molecule has 280 valence electrons. The first-order valence-corrected chi connectivity index (χ1v) is 18.9. The zero-order chi connectivity index (χ0) is 39.2. The van der Waals surface area contributed by atoms with Crippen LogP contribution in [-0.4, -0.2) is 38.8 Å². The van der Waals surface area contributed by atoms with Crippen molar-refractivity contribution in [1.29, 1.82) is 0 Å². The van der Waals surface area contributed by atoms with Gasteiger partial charge in [-0.15, -0.1) is 0 Å². The fourth-order valence-electron chi connectivity index (χ4n) is 7.51. The molecule has 0 unspecified atom stereocenters. The Kier molecular flexibility index (Phi) is 11.8. The molecular formula is C48H49N3O4. The van der Waals surface area contributed by atoms with E-state index in [1.807, 2.05) is 49.4 Å². The van der Waals surface area contributed by atoms with E-state index in [2.05, 4.69) is 94.0 Å². The van der Waals surface area contributed by atoms with Gasteiger partial charge in [0.2, 0.25) is 11.5 Å². The highest BCUT2D eigenvalue weighted by Crippen LogP contribution is 2.52. The summed E-state index contributed by atoms with van der Waals surface area (Å²) in [5.74, 6) is -1.27. The van der Waals surface area contributed by atoms with E-state index in [4.69, 9.17) is 9.98 Å². The Hall–Kier alpha value is -6.21. The minimum atomic E-state index is -0.722. The van der Waals surface area contributed by atoms with Crippen LogP contribution in [0, 0.1) is 20.8 Å². The van der Waals surface area contributed by atoms with E-state index in [0.717, 1.165) is 68.5 Å². The highest BCUT2D eigenvalue weighted by Gasteiger charge is 2.27. The van der Waals surface area contributed by atoms with E-state index >= 15 is 0 Å². The van der Waals surface area contributed by atoms with Crippen LogP contribution in [0.15, 0.2) is 118 Å². The zero-order valence-corrected chi connectivity index (χ0v) is 32.3. The summed E-state index contributed by atoms with van der Waals surface area (Å²) in [6, 6.07) is 30.8. The first-order valence-electron chi connectivity index (χ1n) is 18.9. The van der Waals surface area contributed by atoms with Crippen LogP contribution in [0.1, 0.15) is 89.6 Å². The lowest BCUT2D eigenvalue weighted by molar-refractivity contribution is 0.342. The van der Waals surface area contributed by atoms with Crippen molar-refractivity contribution in [2.45, 2.75) is 73.3 Å². The second-order valence-electron chi connectivity index (χ2n) is 14.1. The van der Waals surface area contributed by atoms with Crippen LogP contribution in [0.2, 0.25) is 0 Å². The standard InChI is InChI=1S/C48H49N3O4/c1-7-15-39-42(44(53)46(55)45(54)43(39)52)34-25-24-33(8-2)41(26-34)40-27-35(23-22-30(40)4)47(49-6)51-48(50-28-32-17-10-9-11-18-32)38-21-14-20-37(31(38)5)36-19-13-12-16-29(36)3/h9-14,16-23,26-27,52-55H,6-8,15,24-25,28H2,1-5H3. The molecular weight excluding hydrogens is 683 g/mol. The van der Waals surface area contributed by atoms with Gasteiger partial charge in [-0.1, -0.05) is 117 Å². The van der Waals surface area contributed by atoms with Crippen LogP contribution >= 0.6 is 0 Å².